The number of aromatic nitrogens is 2. The van der Waals surface area contributed by atoms with E-state index in [0.29, 0.717) is 37.9 Å². The number of nitrogens with zero attached hydrogens (tertiary/aromatic N) is 2. The number of anilines is 1. The molecule has 0 spiro atoms. The number of carbonyl (C=O) groups excluding carboxylic acids is 1. The molecule has 3 N–H and O–H groups in total. The van der Waals surface area contributed by atoms with E-state index in [2.05, 4.69) is 20.8 Å². The molecule has 2 aromatic rings. The highest BCUT2D eigenvalue weighted by molar-refractivity contribution is 6.42. The molecule has 182 valence electrons. The molecule has 0 saturated heterocycles. The van der Waals surface area contributed by atoms with Crippen LogP contribution in [0.15, 0.2) is 30.5 Å². The highest BCUT2D eigenvalue weighted by Crippen LogP contribution is 2.64. The summed E-state index contributed by atoms with van der Waals surface area (Å²) in [5, 5.41) is 24.7. The number of rotatable bonds is 6. The van der Waals surface area contributed by atoms with Gasteiger partial charge in [0, 0.05) is 17.7 Å². The number of carbonyl (C=O) groups is 1. The largest absolute Gasteiger partial charge is 0.391 e. The van der Waals surface area contributed by atoms with Gasteiger partial charge in [-0.25, -0.2) is 8.78 Å². The molecule has 0 aliphatic heterocycles. The second kappa shape index (κ2) is 8.88. The number of hydrogen-bond acceptors (Lipinski definition) is 5. The average Bonchev–Trinajstić information content (AvgIpc) is 3.47. The van der Waals surface area contributed by atoms with Crippen LogP contribution in [-0.4, -0.2) is 39.0 Å². The zero-order valence-electron chi connectivity index (χ0n) is 18.4. The maximum absolute atomic E-state index is 15.1. The number of fused-ring (bicyclic) bond motifs is 2. The van der Waals surface area contributed by atoms with E-state index in [-0.39, 0.29) is 40.4 Å². The van der Waals surface area contributed by atoms with Crippen molar-refractivity contribution in [3.63, 3.8) is 0 Å². The molecule has 34 heavy (non-hydrogen) atoms. The van der Waals surface area contributed by atoms with E-state index in [9.17, 15) is 9.90 Å². The van der Waals surface area contributed by atoms with Gasteiger partial charge in [0.25, 0.3) is 0 Å². The summed E-state index contributed by atoms with van der Waals surface area (Å²) in [4.78, 5) is 13.4. The van der Waals surface area contributed by atoms with Gasteiger partial charge >= 0.3 is 0 Å². The van der Waals surface area contributed by atoms with Crippen molar-refractivity contribution in [2.75, 3.05) is 5.32 Å². The predicted molar refractivity (Wildman–Crippen MR) is 125 cm³/mol. The SMILES string of the molecule is O=C(N[C@H](c1c(F)ccc(Cl)c1Cl)C12CCC(F)(CC1)C2)[C@@H]1C[C@@H](O)[C@@H](Nc2cccnn2)C1. The van der Waals surface area contributed by atoms with E-state index in [1.165, 1.54) is 12.1 Å². The second-order valence-corrected chi connectivity index (χ2v) is 10.8. The Labute approximate surface area is 206 Å². The minimum atomic E-state index is -1.29. The molecule has 10 heteroatoms. The summed E-state index contributed by atoms with van der Waals surface area (Å²) in [5.41, 5.74) is -1.81. The van der Waals surface area contributed by atoms with Gasteiger partial charge in [-0.3, -0.25) is 4.79 Å². The van der Waals surface area contributed by atoms with E-state index >= 15 is 8.78 Å². The van der Waals surface area contributed by atoms with E-state index in [1.54, 1.807) is 18.3 Å². The summed E-state index contributed by atoms with van der Waals surface area (Å²) < 4.78 is 30.2. The van der Waals surface area contributed by atoms with E-state index in [0.717, 1.165) is 0 Å². The van der Waals surface area contributed by atoms with Crippen LogP contribution >= 0.6 is 23.2 Å². The van der Waals surface area contributed by atoms with Gasteiger partial charge in [0.15, 0.2) is 0 Å². The van der Waals surface area contributed by atoms with Crippen LogP contribution in [0.1, 0.15) is 56.6 Å². The van der Waals surface area contributed by atoms with Crippen LogP contribution in [0.4, 0.5) is 14.6 Å². The lowest BCUT2D eigenvalue weighted by Gasteiger charge is -2.38. The van der Waals surface area contributed by atoms with Crippen molar-refractivity contribution >= 4 is 34.9 Å². The topological polar surface area (TPSA) is 87.1 Å². The number of aliphatic hydroxyl groups excluding tert-OH is 1. The lowest BCUT2D eigenvalue weighted by atomic mass is 9.74. The van der Waals surface area contributed by atoms with Crippen LogP contribution in [0.5, 0.6) is 0 Å². The molecule has 0 radical (unpaired) electrons. The third-order valence-corrected chi connectivity index (χ3v) is 8.70. The molecule has 1 amide bonds. The summed E-state index contributed by atoms with van der Waals surface area (Å²) in [6.45, 7) is 0. The second-order valence-electron chi connectivity index (χ2n) is 9.98. The molecule has 6 nitrogen and oxygen atoms in total. The summed E-state index contributed by atoms with van der Waals surface area (Å²) >= 11 is 12.6. The molecule has 1 aromatic carbocycles. The van der Waals surface area contributed by atoms with Crippen LogP contribution in [0.2, 0.25) is 10.0 Å². The minimum Gasteiger partial charge on any atom is -0.391 e. The number of amides is 1. The van der Waals surface area contributed by atoms with Crippen molar-refractivity contribution in [2.24, 2.45) is 11.3 Å². The first kappa shape index (κ1) is 23.7. The van der Waals surface area contributed by atoms with Gasteiger partial charge in [0.1, 0.15) is 17.3 Å². The van der Waals surface area contributed by atoms with Crippen LogP contribution in [-0.2, 0) is 4.79 Å². The van der Waals surface area contributed by atoms with Crippen molar-refractivity contribution in [3.05, 3.63) is 51.9 Å². The Morgan fingerprint density at radius 3 is 2.59 bits per heavy atom. The minimum absolute atomic E-state index is 0.0400. The molecular weight excluding hydrogens is 485 g/mol. The molecule has 3 aliphatic rings. The molecule has 2 bridgehead atoms. The maximum atomic E-state index is 15.1. The zero-order valence-corrected chi connectivity index (χ0v) is 19.9. The Bertz CT molecular complexity index is 1080. The fourth-order valence-corrected chi connectivity index (χ4v) is 6.55. The molecule has 1 heterocycles. The molecular formula is C24H26Cl2F2N4O2. The third-order valence-electron chi connectivity index (χ3n) is 7.88. The maximum Gasteiger partial charge on any atom is 0.223 e. The van der Waals surface area contributed by atoms with Crippen LogP contribution in [0, 0.1) is 17.2 Å². The number of hydrogen-bond donors (Lipinski definition) is 3. The van der Waals surface area contributed by atoms with Crippen molar-refractivity contribution in [3.8, 4) is 0 Å². The van der Waals surface area contributed by atoms with Gasteiger partial charge in [0.05, 0.1) is 28.2 Å². The zero-order chi connectivity index (χ0) is 24.1. The lowest BCUT2D eigenvalue weighted by Crippen LogP contribution is -2.42. The van der Waals surface area contributed by atoms with E-state index in [1.807, 2.05) is 0 Å². The molecule has 3 saturated carbocycles. The van der Waals surface area contributed by atoms with Gasteiger partial charge in [0.2, 0.25) is 5.91 Å². The first-order valence-corrected chi connectivity index (χ1v) is 12.3. The van der Waals surface area contributed by atoms with Crippen molar-refractivity contribution < 1.29 is 18.7 Å². The Morgan fingerprint density at radius 1 is 1.18 bits per heavy atom. The van der Waals surface area contributed by atoms with Gasteiger partial charge in [-0.2, -0.15) is 5.10 Å². The van der Waals surface area contributed by atoms with Gasteiger partial charge < -0.3 is 15.7 Å². The smallest absolute Gasteiger partial charge is 0.223 e. The Morgan fingerprint density at radius 2 is 1.94 bits per heavy atom. The standard InChI is InChI=1S/C24H26Cl2F2N4O2/c25-14-3-4-15(27)19(20(14)26)21(23-5-7-24(28,12-23)8-6-23)31-22(34)13-10-16(17(33)11-13)30-18-2-1-9-29-32-18/h1-4,9,13,16-17,21,33H,5-8,10-12H2,(H,30,32)(H,31,34)/t13-,16-,17+,21+,23?,24?/m0/s1. The first-order valence-electron chi connectivity index (χ1n) is 11.5. The highest BCUT2D eigenvalue weighted by Gasteiger charge is 2.59. The van der Waals surface area contributed by atoms with Crippen LogP contribution in [0.3, 0.4) is 0 Å². The normalized spacial score (nSPS) is 33.1. The van der Waals surface area contributed by atoms with Crippen LogP contribution < -0.4 is 10.6 Å². The van der Waals surface area contributed by atoms with E-state index in [4.69, 9.17) is 23.2 Å². The number of halogens is 4. The first-order chi connectivity index (χ1) is 16.2. The molecule has 5 rings (SSSR count). The number of aliphatic hydroxyl groups is 1. The Balaban J connectivity index is 1.39. The van der Waals surface area contributed by atoms with Crippen molar-refractivity contribution in [2.45, 2.75) is 68.8 Å². The predicted octanol–water partition coefficient (Wildman–Crippen LogP) is 5.00. The summed E-state index contributed by atoms with van der Waals surface area (Å²) in [5.74, 6) is -0.901. The molecule has 4 atom stereocenters. The molecule has 0 unspecified atom stereocenters. The number of alkyl halides is 1. The quantitative estimate of drug-likeness (QED) is 0.475. The monoisotopic (exact) mass is 510 g/mol. The van der Waals surface area contributed by atoms with E-state index < -0.39 is 35.0 Å². The fraction of sp³-hybridized carbons (Fsp3) is 0.542. The van der Waals surface area contributed by atoms with Crippen molar-refractivity contribution in [1.29, 1.82) is 0 Å². The number of benzene rings is 1. The van der Waals surface area contributed by atoms with Crippen LogP contribution in [0.25, 0.3) is 0 Å². The summed E-state index contributed by atoms with van der Waals surface area (Å²) in [7, 11) is 0. The van der Waals surface area contributed by atoms with Gasteiger partial charge in [-0.1, -0.05) is 23.2 Å². The lowest BCUT2D eigenvalue weighted by molar-refractivity contribution is -0.126. The average molecular weight is 511 g/mol. The molecule has 1 aromatic heterocycles. The van der Waals surface area contributed by atoms with Crippen molar-refractivity contribution in [1.82, 2.24) is 15.5 Å². The molecule has 3 aliphatic carbocycles. The Hall–Kier alpha value is -2.03. The fourth-order valence-electron chi connectivity index (χ4n) is 6.12. The molecule has 3 fully saturated rings. The summed E-state index contributed by atoms with van der Waals surface area (Å²) in [6, 6.07) is 4.87. The number of nitrogens with one attached hydrogen (secondary N) is 2. The Kier molecular flexibility index (Phi) is 6.19. The van der Waals surface area contributed by atoms with Gasteiger partial charge in [-0.15, -0.1) is 5.10 Å². The third kappa shape index (κ3) is 4.25. The van der Waals surface area contributed by atoms with Gasteiger partial charge in [-0.05, 0) is 74.6 Å². The summed E-state index contributed by atoms with van der Waals surface area (Å²) in [6.07, 6.45) is 3.45. The highest BCUT2D eigenvalue weighted by atomic mass is 35.5.